The van der Waals surface area contributed by atoms with Gasteiger partial charge in [-0.25, -0.2) is 4.98 Å². The number of pyridine rings is 1. The Morgan fingerprint density at radius 3 is 2.83 bits per heavy atom. The zero-order valence-corrected chi connectivity index (χ0v) is 23.6. The second-order valence-electron chi connectivity index (χ2n) is 11.1. The van der Waals surface area contributed by atoms with Crippen molar-refractivity contribution in [3.05, 3.63) is 100 Å². The van der Waals surface area contributed by atoms with Crippen LogP contribution in [0.2, 0.25) is 0 Å². The third kappa shape index (κ3) is 6.13. The van der Waals surface area contributed by atoms with E-state index in [1.165, 1.54) is 22.3 Å². The summed E-state index contributed by atoms with van der Waals surface area (Å²) < 4.78 is 12.0. The molecule has 3 heterocycles. The van der Waals surface area contributed by atoms with Crippen molar-refractivity contribution in [1.29, 1.82) is 0 Å². The lowest BCUT2D eigenvalue weighted by molar-refractivity contribution is 0.0581. The van der Waals surface area contributed by atoms with Gasteiger partial charge in [-0.3, -0.25) is 4.79 Å². The van der Waals surface area contributed by atoms with Gasteiger partial charge in [0.05, 0.1) is 12.7 Å². The topological polar surface area (TPSA) is 86.5 Å². The van der Waals surface area contributed by atoms with Gasteiger partial charge in [0.2, 0.25) is 0 Å². The van der Waals surface area contributed by atoms with Gasteiger partial charge in [0.1, 0.15) is 11.6 Å². The Balaban J connectivity index is 1.27. The number of nitrogens with zero attached hydrogens (tertiary/aromatic N) is 1. The first-order chi connectivity index (χ1) is 19.3. The standard InChI is InChI=1S/C34H39N3O3/c1-21-7-6-13-39-27(16-21)20-37-34(38)26-9-5-8-25(19-26)15-22(2)17-30-23(3)18-31(32-29(30)11-14-40-32)28-10-12-36-33(35)24(28)4/h5,8-10,12,18-19,27H,1-2,6-7,11,13-17,20H2,3-4H3,(H2,35,36)(H,37,38). The number of benzene rings is 2. The van der Waals surface area contributed by atoms with E-state index >= 15 is 0 Å². The van der Waals surface area contributed by atoms with E-state index in [0.717, 1.165) is 65.7 Å². The van der Waals surface area contributed by atoms with E-state index < -0.39 is 0 Å². The number of aryl methyl sites for hydroxylation is 1. The minimum Gasteiger partial charge on any atom is -0.492 e. The maximum absolute atomic E-state index is 12.9. The Hall–Kier alpha value is -3.90. The summed E-state index contributed by atoms with van der Waals surface area (Å²) in [5.41, 5.74) is 17.0. The molecule has 0 bridgehead atoms. The maximum atomic E-state index is 12.9. The molecule has 40 heavy (non-hydrogen) atoms. The predicted molar refractivity (Wildman–Crippen MR) is 161 cm³/mol. The molecule has 2 aliphatic rings. The van der Waals surface area contributed by atoms with E-state index in [4.69, 9.17) is 15.2 Å². The fourth-order valence-electron chi connectivity index (χ4n) is 5.80. The van der Waals surface area contributed by atoms with Gasteiger partial charge in [0.15, 0.2) is 0 Å². The second-order valence-corrected chi connectivity index (χ2v) is 11.1. The molecule has 0 radical (unpaired) electrons. The van der Waals surface area contributed by atoms with Crippen molar-refractivity contribution in [3.63, 3.8) is 0 Å². The van der Waals surface area contributed by atoms with Crippen LogP contribution in [0.3, 0.4) is 0 Å². The molecule has 6 heteroatoms. The number of ether oxygens (including phenoxy) is 2. The number of rotatable bonds is 8. The quantitative estimate of drug-likeness (QED) is 0.340. The van der Waals surface area contributed by atoms with Crippen molar-refractivity contribution in [2.45, 2.75) is 58.5 Å². The molecule has 0 aliphatic carbocycles. The zero-order valence-electron chi connectivity index (χ0n) is 23.6. The Labute approximate surface area is 237 Å². The van der Waals surface area contributed by atoms with Crippen molar-refractivity contribution in [2.75, 3.05) is 25.5 Å². The summed E-state index contributed by atoms with van der Waals surface area (Å²) in [5, 5.41) is 3.05. The molecule has 5 rings (SSSR count). The molecular formula is C34H39N3O3. The van der Waals surface area contributed by atoms with Crippen molar-refractivity contribution in [3.8, 4) is 16.9 Å². The van der Waals surface area contributed by atoms with Crippen LogP contribution in [0.1, 0.15) is 57.4 Å². The molecule has 1 saturated heterocycles. The highest BCUT2D eigenvalue weighted by molar-refractivity contribution is 5.94. The van der Waals surface area contributed by atoms with Crippen LogP contribution in [0.25, 0.3) is 11.1 Å². The Bertz CT molecular complexity index is 1460. The van der Waals surface area contributed by atoms with Gasteiger partial charge in [0.25, 0.3) is 5.91 Å². The minimum absolute atomic E-state index is 0.0120. The summed E-state index contributed by atoms with van der Waals surface area (Å²) in [4.78, 5) is 17.1. The normalized spacial score (nSPS) is 16.6. The van der Waals surface area contributed by atoms with E-state index in [2.05, 4.69) is 42.5 Å². The monoisotopic (exact) mass is 537 g/mol. The Morgan fingerprint density at radius 1 is 1.12 bits per heavy atom. The first-order valence-corrected chi connectivity index (χ1v) is 14.1. The number of amides is 1. The average Bonchev–Trinajstić information content (AvgIpc) is 3.33. The van der Waals surface area contributed by atoms with Gasteiger partial charge in [-0.2, -0.15) is 0 Å². The molecule has 1 fully saturated rings. The maximum Gasteiger partial charge on any atom is 0.251 e. The van der Waals surface area contributed by atoms with E-state index in [0.29, 0.717) is 37.6 Å². The molecule has 1 amide bonds. The van der Waals surface area contributed by atoms with Crippen molar-refractivity contribution in [1.82, 2.24) is 10.3 Å². The number of nitrogen functional groups attached to an aromatic ring is 1. The number of hydrogen-bond donors (Lipinski definition) is 2. The zero-order chi connectivity index (χ0) is 28.2. The average molecular weight is 538 g/mol. The lowest BCUT2D eigenvalue weighted by Crippen LogP contribution is -2.33. The van der Waals surface area contributed by atoms with Gasteiger partial charge < -0.3 is 20.5 Å². The molecule has 0 spiro atoms. The highest BCUT2D eigenvalue weighted by atomic mass is 16.5. The first-order valence-electron chi connectivity index (χ1n) is 14.1. The molecular weight excluding hydrogens is 498 g/mol. The molecule has 2 aliphatic heterocycles. The van der Waals surface area contributed by atoms with Crippen molar-refractivity contribution < 1.29 is 14.3 Å². The number of anilines is 1. The lowest BCUT2D eigenvalue weighted by Gasteiger charge is -2.18. The van der Waals surface area contributed by atoms with Gasteiger partial charge in [-0.15, -0.1) is 0 Å². The van der Waals surface area contributed by atoms with E-state index in [1.807, 2.05) is 31.2 Å². The van der Waals surface area contributed by atoms with E-state index in [-0.39, 0.29) is 12.0 Å². The number of carbonyl (C=O) groups is 1. The summed E-state index contributed by atoms with van der Waals surface area (Å²) in [6, 6.07) is 12.0. The summed E-state index contributed by atoms with van der Waals surface area (Å²) in [6.45, 7) is 14.6. The fraction of sp³-hybridized carbons (Fsp3) is 0.353. The fourth-order valence-corrected chi connectivity index (χ4v) is 5.80. The Morgan fingerprint density at radius 2 is 1.98 bits per heavy atom. The van der Waals surface area contributed by atoms with Crippen LogP contribution in [0.4, 0.5) is 5.82 Å². The van der Waals surface area contributed by atoms with Crippen LogP contribution < -0.4 is 15.8 Å². The van der Waals surface area contributed by atoms with Gasteiger partial charge in [-0.05, 0) is 98.0 Å². The summed E-state index contributed by atoms with van der Waals surface area (Å²) in [6.07, 6.45) is 6.86. The smallest absolute Gasteiger partial charge is 0.251 e. The van der Waals surface area contributed by atoms with Crippen molar-refractivity contribution >= 4 is 11.7 Å². The molecule has 3 N–H and O–H groups in total. The molecule has 1 aromatic heterocycles. The number of nitrogens with one attached hydrogen (secondary N) is 1. The molecule has 6 nitrogen and oxygen atoms in total. The molecule has 3 aromatic rings. The second kappa shape index (κ2) is 12.1. The lowest BCUT2D eigenvalue weighted by atomic mass is 9.88. The third-order valence-electron chi connectivity index (χ3n) is 7.96. The van der Waals surface area contributed by atoms with Crippen LogP contribution in [-0.2, 0) is 24.0 Å². The molecule has 1 atom stereocenters. The number of hydrogen-bond acceptors (Lipinski definition) is 5. The minimum atomic E-state index is -0.0839. The molecule has 2 aromatic carbocycles. The molecule has 1 unspecified atom stereocenters. The number of fused-ring (bicyclic) bond motifs is 1. The predicted octanol–water partition coefficient (Wildman–Crippen LogP) is 6.08. The van der Waals surface area contributed by atoms with E-state index in [9.17, 15) is 4.79 Å². The van der Waals surface area contributed by atoms with E-state index in [1.54, 1.807) is 6.20 Å². The highest BCUT2D eigenvalue weighted by Crippen LogP contribution is 2.42. The number of nitrogens with two attached hydrogens (primary N) is 1. The first kappa shape index (κ1) is 27.7. The SMILES string of the molecule is C=C(Cc1cccc(C(=O)NCC2CC(=C)CCCO2)c1)Cc1c(C)cc(-c2ccnc(N)c2C)c2c1CCO2. The summed E-state index contributed by atoms with van der Waals surface area (Å²) >= 11 is 0. The van der Waals surface area contributed by atoms with Crippen LogP contribution >= 0.6 is 0 Å². The van der Waals surface area contributed by atoms with Gasteiger partial charge in [0, 0.05) is 42.5 Å². The molecule has 208 valence electrons. The Kier molecular flexibility index (Phi) is 8.36. The van der Waals surface area contributed by atoms with Gasteiger partial charge in [-0.1, -0.05) is 36.4 Å². The van der Waals surface area contributed by atoms with Crippen LogP contribution in [0, 0.1) is 13.8 Å². The number of aromatic nitrogens is 1. The highest BCUT2D eigenvalue weighted by Gasteiger charge is 2.24. The largest absolute Gasteiger partial charge is 0.492 e. The van der Waals surface area contributed by atoms with Crippen molar-refractivity contribution in [2.24, 2.45) is 0 Å². The van der Waals surface area contributed by atoms with Crippen LogP contribution in [0.5, 0.6) is 5.75 Å². The number of carbonyl (C=O) groups excluding carboxylic acids is 1. The van der Waals surface area contributed by atoms with Gasteiger partial charge >= 0.3 is 0 Å². The summed E-state index contributed by atoms with van der Waals surface area (Å²) in [7, 11) is 0. The van der Waals surface area contributed by atoms with Crippen LogP contribution in [0.15, 0.2) is 66.9 Å². The number of allylic oxidation sites excluding steroid dienone is 1. The third-order valence-corrected chi connectivity index (χ3v) is 7.96. The summed E-state index contributed by atoms with van der Waals surface area (Å²) in [5.74, 6) is 1.40. The van der Waals surface area contributed by atoms with Crippen LogP contribution in [-0.4, -0.2) is 36.8 Å². The molecule has 0 saturated carbocycles.